The van der Waals surface area contributed by atoms with Gasteiger partial charge in [0.15, 0.2) is 0 Å². The van der Waals surface area contributed by atoms with Crippen LogP contribution in [0.25, 0.3) is 0 Å². The second kappa shape index (κ2) is 7.55. The van der Waals surface area contributed by atoms with Crippen molar-refractivity contribution in [3.63, 3.8) is 0 Å². The van der Waals surface area contributed by atoms with Gasteiger partial charge in [-0.2, -0.15) is 0 Å². The molecule has 0 amide bonds. The van der Waals surface area contributed by atoms with Crippen molar-refractivity contribution < 1.29 is 4.92 Å². The van der Waals surface area contributed by atoms with Gasteiger partial charge in [0.2, 0.25) is 0 Å². The first-order valence-corrected chi connectivity index (χ1v) is 7.27. The molecule has 0 fully saturated rings. The second-order valence-electron chi connectivity index (χ2n) is 4.89. The molecule has 0 aliphatic rings. The maximum atomic E-state index is 11.1. The van der Waals surface area contributed by atoms with Crippen LogP contribution in [0.15, 0.2) is 16.7 Å². The summed E-state index contributed by atoms with van der Waals surface area (Å²) in [5.74, 6) is 0.400. The summed E-state index contributed by atoms with van der Waals surface area (Å²) < 4.78 is 0.630. The van der Waals surface area contributed by atoms with Crippen LogP contribution in [0.4, 0.5) is 5.69 Å². The van der Waals surface area contributed by atoms with Gasteiger partial charge in [-0.15, -0.1) is 0 Å². The molecule has 0 bridgehead atoms. The van der Waals surface area contributed by atoms with Gasteiger partial charge in [0.25, 0.3) is 5.69 Å². The van der Waals surface area contributed by atoms with Crippen molar-refractivity contribution in [2.75, 3.05) is 6.54 Å². The molecule has 0 aromatic carbocycles. The van der Waals surface area contributed by atoms with Gasteiger partial charge in [0.1, 0.15) is 5.69 Å². The number of hydrogen-bond donors (Lipinski definition) is 1. The Bertz CT molecular complexity index is 438. The number of rotatable bonds is 7. The first-order chi connectivity index (χ1) is 8.95. The molecule has 0 spiro atoms. The third kappa shape index (κ3) is 4.87. The number of pyridine rings is 1. The van der Waals surface area contributed by atoms with E-state index in [4.69, 9.17) is 0 Å². The fraction of sp³-hybridized carbons (Fsp3) is 0.615. The maximum Gasteiger partial charge on any atom is 0.291 e. The number of halogens is 1. The quantitative estimate of drug-likeness (QED) is 0.615. The first kappa shape index (κ1) is 16.0. The van der Waals surface area contributed by atoms with E-state index in [2.05, 4.69) is 47.0 Å². The summed E-state index contributed by atoms with van der Waals surface area (Å²) in [5, 5.41) is 14.5. The molecule has 1 heterocycles. The van der Waals surface area contributed by atoms with Gasteiger partial charge in [-0.05, 0) is 34.8 Å². The number of nitro groups is 1. The molecule has 6 heteroatoms. The Morgan fingerprint density at radius 3 is 2.74 bits per heavy atom. The summed E-state index contributed by atoms with van der Waals surface area (Å²) in [6, 6.07) is 1.71. The van der Waals surface area contributed by atoms with E-state index in [1.807, 2.05) is 0 Å². The fourth-order valence-corrected chi connectivity index (χ4v) is 2.17. The molecule has 106 valence electrons. The number of aromatic nitrogens is 1. The normalized spacial score (nSPS) is 12.7. The third-order valence-corrected chi connectivity index (χ3v) is 3.42. The zero-order valence-electron chi connectivity index (χ0n) is 11.5. The third-order valence-electron chi connectivity index (χ3n) is 2.99. The predicted octanol–water partition coefficient (Wildman–Crippen LogP) is 3.32. The standard InChI is InChI=1S/C13H20BrN3O2/c1-4-5-15-11(9(2)3)7-12-13(17(18)19)6-10(14)8-16-12/h6,8-9,11,15H,4-5,7H2,1-3H3. The largest absolute Gasteiger partial charge is 0.313 e. The van der Waals surface area contributed by atoms with E-state index in [1.54, 1.807) is 6.20 Å². The first-order valence-electron chi connectivity index (χ1n) is 6.47. The van der Waals surface area contributed by atoms with Crippen molar-refractivity contribution >= 4 is 21.6 Å². The Hall–Kier alpha value is -1.01. The van der Waals surface area contributed by atoms with Crippen LogP contribution in [0.2, 0.25) is 0 Å². The smallest absolute Gasteiger partial charge is 0.291 e. The van der Waals surface area contributed by atoms with Crippen molar-refractivity contribution in [1.29, 1.82) is 0 Å². The molecule has 0 aliphatic carbocycles. The lowest BCUT2D eigenvalue weighted by Gasteiger charge is -2.21. The Kier molecular flexibility index (Phi) is 6.37. The molecule has 1 aromatic heterocycles. The number of nitrogens with zero attached hydrogens (tertiary/aromatic N) is 2. The van der Waals surface area contributed by atoms with E-state index in [0.29, 0.717) is 22.5 Å². The number of nitrogens with one attached hydrogen (secondary N) is 1. The topological polar surface area (TPSA) is 68.1 Å². The minimum atomic E-state index is -0.371. The highest BCUT2D eigenvalue weighted by molar-refractivity contribution is 9.10. The summed E-state index contributed by atoms with van der Waals surface area (Å²) in [4.78, 5) is 14.9. The second-order valence-corrected chi connectivity index (χ2v) is 5.80. The van der Waals surface area contributed by atoms with Crippen LogP contribution in [0.1, 0.15) is 32.9 Å². The maximum absolute atomic E-state index is 11.1. The van der Waals surface area contributed by atoms with E-state index in [0.717, 1.165) is 13.0 Å². The van der Waals surface area contributed by atoms with E-state index in [1.165, 1.54) is 6.07 Å². The Morgan fingerprint density at radius 1 is 1.53 bits per heavy atom. The highest BCUT2D eigenvalue weighted by atomic mass is 79.9. The molecule has 1 rings (SSSR count). The van der Waals surface area contributed by atoms with Gasteiger partial charge in [0.05, 0.1) is 4.92 Å². The molecule has 5 nitrogen and oxygen atoms in total. The van der Waals surface area contributed by atoms with Gasteiger partial charge < -0.3 is 5.32 Å². The highest BCUT2D eigenvalue weighted by Crippen LogP contribution is 2.23. The van der Waals surface area contributed by atoms with Crippen LogP contribution in [-0.4, -0.2) is 22.5 Å². The minimum Gasteiger partial charge on any atom is -0.313 e. The van der Waals surface area contributed by atoms with Crippen molar-refractivity contribution in [3.8, 4) is 0 Å². The minimum absolute atomic E-state index is 0.0818. The zero-order valence-corrected chi connectivity index (χ0v) is 13.1. The van der Waals surface area contributed by atoms with Gasteiger partial charge in [0, 0.05) is 29.2 Å². The average Bonchev–Trinajstić information content (AvgIpc) is 2.35. The molecule has 0 aliphatic heterocycles. The Labute approximate surface area is 122 Å². The van der Waals surface area contributed by atoms with Crippen LogP contribution in [0.3, 0.4) is 0 Å². The SMILES string of the molecule is CCCNC(Cc1ncc(Br)cc1[N+](=O)[O-])C(C)C. The van der Waals surface area contributed by atoms with E-state index in [-0.39, 0.29) is 16.7 Å². The van der Waals surface area contributed by atoms with Crippen LogP contribution < -0.4 is 5.32 Å². The summed E-state index contributed by atoms with van der Waals surface area (Å²) in [7, 11) is 0. The fourth-order valence-electron chi connectivity index (χ4n) is 1.85. The van der Waals surface area contributed by atoms with Gasteiger partial charge in [-0.3, -0.25) is 15.1 Å². The molecule has 0 radical (unpaired) electrons. The lowest BCUT2D eigenvalue weighted by atomic mass is 9.98. The Morgan fingerprint density at radius 2 is 2.21 bits per heavy atom. The number of hydrogen-bond acceptors (Lipinski definition) is 4. The summed E-state index contributed by atoms with van der Waals surface area (Å²) in [6.45, 7) is 7.23. The highest BCUT2D eigenvalue weighted by Gasteiger charge is 2.21. The van der Waals surface area contributed by atoms with Crippen molar-refractivity contribution in [2.45, 2.75) is 39.7 Å². The zero-order chi connectivity index (χ0) is 14.4. The lowest BCUT2D eigenvalue weighted by molar-refractivity contribution is -0.386. The summed E-state index contributed by atoms with van der Waals surface area (Å²) in [5.41, 5.74) is 0.619. The predicted molar refractivity (Wildman–Crippen MR) is 79.2 cm³/mol. The van der Waals surface area contributed by atoms with Gasteiger partial charge in [-0.25, -0.2) is 0 Å². The van der Waals surface area contributed by atoms with Crippen LogP contribution in [0.5, 0.6) is 0 Å². The molecule has 19 heavy (non-hydrogen) atoms. The van der Waals surface area contributed by atoms with Crippen LogP contribution in [0, 0.1) is 16.0 Å². The lowest BCUT2D eigenvalue weighted by Crippen LogP contribution is -2.36. The van der Waals surface area contributed by atoms with Gasteiger partial charge in [-0.1, -0.05) is 20.8 Å². The molecule has 0 saturated heterocycles. The summed E-state index contributed by atoms with van der Waals surface area (Å²) >= 11 is 3.22. The van der Waals surface area contributed by atoms with Crippen molar-refractivity contribution in [1.82, 2.24) is 10.3 Å². The molecular formula is C13H20BrN3O2. The van der Waals surface area contributed by atoms with Crippen molar-refractivity contribution in [2.24, 2.45) is 5.92 Å². The van der Waals surface area contributed by atoms with Crippen molar-refractivity contribution in [3.05, 3.63) is 32.5 Å². The molecule has 0 saturated carbocycles. The monoisotopic (exact) mass is 329 g/mol. The van der Waals surface area contributed by atoms with E-state index < -0.39 is 0 Å². The average molecular weight is 330 g/mol. The molecule has 1 aromatic rings. The molecule has 1 atom stereocenters. The van der Waals surface area contributed by atoms with E-state index in [9.17, 15) is 10.1 Å². The van der Waals surface area contributed by atoms with Gasteiger partial charge >= 0.3 is 0 Å². The summed E-state index contributed by atoms with van der Waals surface area (Å²) in [6.07, 6.45) is 3.22. The Balaban J connectivity index is 2.92. The van der Waals surface area contributed by atoms with Crippen LogP contribution in [-0.2, 0) is 6.42 Å². The van der Waals surface area contributed by atoms with E-state index >= 15 is 0 Å². The molecule has 1 unspecified atom stereocenters. The van der Waals surface area contributed by atoms with Crippen LogP contribution >= 0.6 is 15.9 Å². The molecular weight excluding hydrogens is 310 g/mol. The molecule has 1 N–H and O–H groups in total.